The summed E-state index contributed by atoms with van der Waals surface area (Å²) in [5.41, 5.74) is 1.44. The molecule has 0 saturated carbocycles. The van der Waals surface area contributed by atoms with Gasteiger partial charge in [-0.1, -0.05) is 60.7 Å². The second-order valence-electron chi connectivity index (χ2n) is 5.08. The number of aliphatic hydroxyl groups excluding tert-OH is 2. The molecule has 0 heterocycles. The first-order valence-electron chi connectivity index (χ1n) is 7.35. The molecule has 2 N–H and O–H groups in total. The Balaban J connectivity index is 1.80. The van der Waals surface area contributed by atoms with Crippen molar-refractivity contribution in [3.63, 3.8) is 0 Å². The van der Waals surface area contributed by atoms with E-state index in [1.807, 2.05) is 12.1 Å². The van der Waals surface area contributed by atoms with Gasteiger partial charge in [-0.3, -0.25) is 0 Å². The predicted octanol–water partition coefficient (Wildman–Crippen LogP) is 1.19. The Kier molecular flexibility index (Phi) is 6.48. The summed E-state index contributed by atoms with van der Waals surface area (Å²) < 4.78 is 9.73. The Hall–Kier alpha value is -2.70. The maximum absolute atomic E-state index is 11.7. The SMILES string of the molecule is O=C(OCc1ccccc1)[C@@H](O)[C@H](O)C(=O)OCc1ccccc1. The molecule has 0 radical (unpaired) electrons. The molecule has 2 aromatic rings. The lowest BCUT2D eigenvalue weighted by Gasteiger charge is -2.16. The lowest BCUT2D eigenvalue weighted by atomic mass is 10.2. The van der Waals surface area contributed by atoms with E-state index in [1.165, 1.54) is 0 Å². The zero-order valence-electron chi connectivity index (χ0n) is 12.9. The third-order valence-corrected chi connectivity index (χ3v) is 3.23. The van der Waals surface area contributed by atoms with Crippen molar-refractivity contribution in [2.75, 3.05) is 0 Å². The fourth-order valence-corrected chi connectivity index (χ4v) is 1.89. The minimum absolute atomic E-state index is 0.0669. The van der Waals surface area contributed by atoms with E-state index >= 15 is 0 Å². The van der Waals surface area contributed by atoms with Crippen molar-refractivity contribution in [1.82, 2.24) is 0 Å². The summed E-state index contributed by atoms with van der Waals surface area (Å²) in [4.78, 5) is 23.4. The highest BCUT2D eigenvalue weighted by molar-refractivity contribution is 5.85. The number of rotatable bonds is 7. The number of hydrogen-bond acceptors (Lipinski definition) is 6. The third kappa shape index (κ3) is 5.19. The molecule has 2 rings (SSSR count). The van der Waals surface area contributed by atoms with Crippen molar-refractivity contribution in [3.05, 3.63) is 71.8 Å². The van der Waals surface area contributed by atoms with Gasteiger partial charge in [0.1, 0.15) is 13.2 Å². The Labute approximate surface area is 139 Å². The van der Waals surface area contributed by atoms with Crippen LogP contribution in [0.25, 0.3) is 0 Å². The number of benzene rings is 2. The smallest absolute Gasteiger partial charge is 0.338 e. The Morgan fingerprint density at radius 1 is 0.708 bits per heavy atom. The van der Waals surface area contributed by atoms with Crippen molar-refractivity contribution < 1.29 is 29.3 Å². The van der Waals surface area contributed by atoms with Gasteiger partial charge in [0.05, 0.1) is 0 Å². The second kappa shape index (κ2) is 8.81. The van der Waals surface area contributed by atoms with Gasteiger partial charge in [-0.15, -0.1) is 0 Å². The molecular weight excluding hydrogens is 312 g/mol. The first kappa shape index (κ1) is 17.7. The molecule has 0 aliphatic rings. The van der Waals surface area contributed by atoms with Crippen LogP contribution in [0.2, 0.25) is 0 Å². The van der Waals surface area contributed by atoms with E-state index < -0.39 is 24.1 Å². The average molecular weight is 330 g/mol. The van der Waals surface area contributed by atoms with Crippen LogP contribution in [-0.4, -0.2) is 34.4 Å². The van der Waals surface area contributed by atoms with Gasteiger partial charge in [-0.05, 0) is 11.1 Å². The van der Waals surface area contributed by atoms with Crippen LogP contribution in [0.15, 0.2) is 60.7 Å². The molecule has 0 aliphatic carbocycles. The number of carbonyl (C=O) groups is 2. The highest BCUT2D eigenvalue weighted by atomic mass is 16.6. The first-order valence-corrected chi connectivity index (χ1v) is 7.35. The standard InChI is InChI=1S/C18H18O6/c19-15(17(21)23-11-13-7-3-1-4-8-13)16(20)18(22)24-12-14-9-5-2-6-10-14/h1-10,15-16,19-20H,11-12H2/t15-,16-/m0/s1. The van der Waals surface area contributed by atoms with Gasteiger partial charge in [-0.2, -0.15) is 0 Å². The van der Waals surface area contributed by atoms with E-state index in [0.29, 0.717) is 0 Å². The van der Waals surface area contributed by atoms with Gasteiger partial charge in [0, 0.05) is 0 Å². The van der Waals surface area contributed by atoms with Crippen LogP contribution in [0.1, 0.15) is 11.1 Å². The van der Waals surface area contributed by atoms with Crippen LogP contribution in [0, 0.1) is 0 Å². The van der Waals surface area contributed by atoms with E-state index in [1.54, 1.807) is 48.5 Å². The quantitative estimate of drug-likeness (QED) is 0.741. The van der Waals surface area contributed by atoms with Crippen molar-refractivity contribution in [2.45, 2.75) is 25.4 Å². The lowest BCUT2D eigenvalue weighted by Crippen LogP contribution is -2.41. The topological polar surface area (TPSA) is 93.1 Å². The Bertz CT molecular complexity index is 596. The van der Waals surface area contributed by atoms with E-state index in [2.05, 4.69) is 0 Å². The Morgan fingerprint density at radius 3 is 1.38 bits per heavy atom. The van der Waals surface area contributed by atoms with Crippen LogP contribution >= 0.6 is 0 Å². The molecule has 0 saturated heterocycles. The first-order chi connectivity index (χ1) is 11.6. The largest absolute Gasteiger partial charge is 0.459 e. The molecule has 24 heavy (non-hydrogen) atoms. The summed E-state index contributed by atoms with van der Waals surface area (Å²) in [5, 5.41) is 19.4. The average Bonchev–Trinajstić information content (AvgIpc) is 2.64. The number of carbonyl (C=O) groups excluding carboxylic acids is 2. The van der Waals surface area contributed by atoms with Crippen molar-refractivity contribution >= 4 is 11.9 Å². The molecular formula is C18H18O6. The molecule has 6 heteroatoms. The third-order valence-electron chi connectivity index (χ3n) is 3.23. The normalized spacial score (nSPS) is 12.9. The molecule has 6 nitrogen and oxygen atoms in total. The highest BCUT2D eigenvalue weighted by Crippen LogP contribution is 2.07. The molecule has 0 fully saturated rings. The molecule has 0 spiro atoms. The van der Waals surface area contributed by atoms with Gasteiger partial charge in [0.25, 0.3) is 0 Å². The van der Waals surface area contributed by atoms with Gasteiger partial charge < -0.3 is 19.7 Å². The molecule has 2 atom stereocenters. The zero-order valence-corrected chi connectivity index (χ0v) is 12.9. The lowest BCUT2D eigenvalue weighted by molar-refractivity contribution is -0.174. The van der Waals surface area contributed by atoms with Crippen LogP contribution in [0.4, 0.5) is 0 Å². The summed E-state index contributed by atoms with van der Waals surface area (Å²) in [7, 11) is 0. The number of hydrogen-bond donors (Lipinski definition) is 2. The van der Waals surface area contributed by atoms with E-state index in [0.717, 1.165) is 11.1 Å². The maximum Gasteiger partial charge on any atom is 0.338 e. The number of aliphatic hydroxyl groups is 2. The summed E-state index contributed by atoms with van der Waals surface area (Å²) in [5.74, 6) is -2.19. The summed E-state index contributed by atoms with van der Waals surface area (Å²) in [6.45, 7) is -0.134. The summed E-state index contributed by atoms with van der Waals surface area (Å²) in [6, 6.07) is 17.7. The van der Waals surface area contributed by atoms with Gasteiger partial charge in [-0.25, -0.2) is 9.59 Å². The fourth-order valence-electron chi connectivity index (χ4n) is 1.89. The highest BCUT2D eigenvalue weighted by Gasteiger charge is 2.32. The zero-order chi connectivity index (χ0) is 17.4. The van der Waals surface area contributed by atoms with Crippen molar-refractivity contribution in [1.29, 1.82) is 0 Å². The van der Waals surface area contributed by atoms with Crippen LogP contribution < -0.4 is 0 Å². The fraction of sp³-hybridized carbons (Fsp3) is 0.222. The van der Waals surface area contributed by atoms with Crippen LogP contribution in [0.5, 0.6) is 0 Å². The molecule has 0 aliphatic heterocycles. The molecule has 2 aromatic carbocycles. The minimum Gasteiger partial charge on any atom is -0.459 e. The van der Waals surface area contributed by atoms with Crippen LogP contribution in [-0.2, 0) is 32.3 Å². The summed E-state index contributed by atoms with van der Waals surface area (Å²) >= 11 is 0. The van der Waals surface area contributed by atoms with E-state index in [9.17, 15) is 19.8 Å². The summed E-state index contributed by atoms with van der Waals surface area (Å²) in [6.07, 6.45) is -4.01. The second-order valence-corrected chi connectivity index (χ2v) is 5.08. The predicted molar refractivity (Wildman–Crippen MR) is 84.5 cm³/mol. The molecule has 126 valence electrons. The molecule has 0 unspecified atom stereocenters. The number of ether oxygens (including phenoxy) is 2. The molecule has 0 aromatic heterocycles. The monoisotopic (exact) mass is 330 g/mol. The van der Waals surface area contributed by atoms with Crippen LogP contribution in [0.3, 0.4) is 0 Å². The van der Waals surface area contributed by atoms with Gasteiger partial charge in [0.15, 0.2) is 12.2 Å². The van der Waals surface area contributed by atoms with E-state index in [-0.39, 0.29) is 13.2 Å². The van der Waals surface area contributed by atoms with Gasteiger partial charge in [0.2, 0.25) is 0 Å². The molecule has 0 amide bonds. The van der Waals surface area contributed by atoms with Gasteiger partial charge >= 0.3 is 11.9 Å². The van der Waals surface area contributed by atoms with E-state index in [4.69, 9.17) is 9.47 Å². The van der Waals surface area contributed by atoms with Crippen molar-refractivity contribution in [2.24, 2.45) is 0 Å². The minimum atomic E-state index is -2.00. The van der Waals surface area contributed by atoms with Crippen molar-refractivity contribution in [3.8, 4) is 0 Å². The molecule has 0 bridgehead atoms. The maximum atomic E-state index is 11.7. The number of esters is 2. The Morgan fingerprint density at radius 2 is 1.04 bits per heavy atom.